The molecule has 44 heteroatoms. The Hall–Kier alpha value is 1.20. The third kappa shape index (κ3) is 53300. The molecule has 0 heterocycles. The van der Waals surface area contributed by atoms with E-state index in [1.807, 2.05) is 0 Å². The van der Waals surface area contributed by atoms with Crippen LogP contribution in [0.15, 0.2) is 0 Å². The van der Waals surface area contributed by atoms with E-state index in [2.05, 4.69) is 0 Å². The van der Waals surface area contributed by atoms with Gasteiger partial charge in [-0.2, -0.15) is 0 Å². The van der Waals surface area contributed by atoms with Crippen molar-refractivity contribution in [1.82, 2.24) is 0 Å². The molecular formula is H14N7O28Re9-14. The van der Waals surface area contributed by atoms with Crippen LogP contribution in [0.1, 0.15) is 0 Å². The molecule has 0 fully saturated rings. The zero-order valence-electron chi connectivity index (χ0n) is 18.9. The van der Waals surface area contributed by atoms with Crippen LogP contribution < -0.4 is 26.8 Å². The summed E-state index contributed by atoms with van der Waals surface area (Å²) in [6.07, 6.45) is 0. The van der Waals surface area contributed by atoms with Gasteiger partial charge in [0.05, 0.1) is 0 Å². The Labute approximate surface area is 290 Å². The van der Waals surface area contributed by atoms with Crippen LogP contribution >= 0.6 is 0 Å². The molecule has 0 aliphatic rings. The summed E-state index contributed by atoms with van der Waals surface area (Å²) >= 11 is -42.8. The van der Waals surface area contributed by atoms with Gasteiger partial charge in [0.15, 0.2) is 0 Å². The van der Waals surface area contributed by atoms with Gasteiger partial charge in [0.1, 0.15) is 0 Å². The van der Waals surface area contributed by atoms with Gasteiger partial charge in [-0.25, -0.2) is 0 Å². The Morgan fingerprint density at radius 3 is 0.182 bits per heavy atom. The second-order valence-corrected chi connectivity index (χ2v) is 21.7. The van der Waals surface area contributed by atoms with Crippen molar-refractivity contribution in [3.63, 3.8) is 0 Å². The molecule has 44 heavy (non-hydrogen) atoms. The van der Waals surface area contributed by atoms with Crippen LogP contribution in [0.25, 0.3) is 43.1 Å². The maximum atomic E-state index is 8.64. The van der Waals surface area contributed by atoms with E-state index < -0.39 is 111 Å². The minimum absolute atomic E-state index is 0. The number of hydrogen-bond acceptors (Lipinski definition) is 28. The van der Waals surface area contributed by atoms with Crippen molar-refractivity contribution in [3.8, 4) is 0 Å². The SMILES string of the molecule is [NH2-].[NH2-].[NH2-].[NH2-].[NH2-].[NH2-].[NH2-].[O]=[Re](=[O])(=[O])[O-].[O]=[Re](=[O])(=[O])[O-].[O]=[Re](=[O])(=[O])[O-].[O]=[Re](=[O])(=[O])[O-].[O]=[Re](=[O])(=[O])[O-].[O]=[Re](=[O])(=[O])[O-].[O]=[Re](=[O])(=[O])[O-].[Re].[Re]. The van der Waals surface area contributed by atoms with Gasteiger partial charge in [-0.15, -0.1) is 0 Å². The predicted molar refractivity (Wildman–Crippen MR) is 51.4 cm³/mol. The summed E-state index contributed by atoms with van der Waals surface area (Å²) in [5.74, 6) is 0. The first-order valence-electron chi connectivity index (χ1n) is 4.32. The molecular weight excluding hydrogens is 2220 g/mol. The van der Waals surface area contributed by atoms with E-state index in [9.17, 15) is 0 Å². The van der Waals surface area contributed by atoms with E-state index in [1.54, 1.807) is 0 Å². The summed E-state index contributed by atoms with van der Waals surface area (Å²) in [7, 11) is 0. The van der Waals surface area contributed by atoms with Crippen LogP contribution in [-0.4, -0.2) is 0 Å². The average molecular weight is 2240 g/mol. The molecule has 0 spiro atoms. The summed E-state index contributed by atoms with van der Waals surface area (Å²) in [5, 5.41) is 0. The van der Waals surface area contributed by atoms with E-state index in [1.165, 1.54) is 0 Å². The Morgan fingerprint density at radius 1 is 0.182 bits per heavy atom. The quantitative estimate of drug-likeness (QED) is 0.218. The van der Waals surface area contributed by atoms with E-state index in [4.69, 9.17) is 99.7 Å². The fourth-order valence-electron chi connectivity index (χ4n) is 0. The van der Waals surface area contributed by atoms with Gasteiger partial charge in [0.2, 0.25) is 0 Å². The van der Waals surface area contributed by atoms with Gasteiger partial charge in [-0.1, -0.05) is 0 Å². The molecule has 294 valence electrons. The normalized spacial score (nSPS) is 9.07. The molecule has 0 aliphatic carbocycles. The maximum Gasteiger partial charge on any atom is 0 e. The molecule has 0 rings (SSSR count). The molecule has 14 N–H and O–H groups in total. The van der Waals surface area contributed by atoms with Crippen LogP contribution in [0.5, 0.6) is 0 Å². The molecule has 0 atom stereocenters. The van der Waals surface area contributed by atoms with Gasteiger partial charge in [0, 0.05) is 40.8 Å². The largest absolute Gasteiger partial charge is 0 e. The summed E-state index contributed by atoms with van der Waals surface area (Å²) < 4.78 is 242. The van der Waals surface area contributed by atoms with Crippen molar-refractivity contribution in [2.75, 3.05) is 0 Å². The van der Waals surface area contributed by atoms with Crippen molar-refractivity contribution in [1.29, 1.82) is 0 Å². The number of nitrogens with two attached hydrogens (primary N) is 7. The zero-order chi connectivity index (χ0) is 31.5. The van der Waals surface area contributed by atoms with Crippen LogP contribution in [-0.2, 0) is 224 Å². The van der Waals surface area contributed by atoms with E-state index in [-0.39, 0.29) is 83.9 Å². The van der Waals surface area contributed by atoms with Crippen molar-refractivity contribution < 1.29 is 251 Å². The molecule has 0 aromatic carbocycles. The minimum atomic E-state index is -6.11. The predicted octanol–water partition coefficient (Wildman–Crippen LogP) is -5.82. The molecule has 0 amide bonds. The molecule has 0 unspecified atom stereocenters. The molecule has 0 aromatic rings. The van der Waals surface area contributed by atoms with Crippen LogP contribution in [0.4, 0.5) is 0 Å². The first kappa shape index (κ1) is 104. The van der Waals surface area contributed by atoms with Crippen LogP contribution in [0, 0.1) is 0 Å². The first-order chi connectivity index (χ1) is 14.0. The van der Waals surface area contributed by atoms with Gasteiger partial charge in [-0.3, -0.25) is 0 Å². The molecule has 0 aliphatic heterocycles. The summed E-state index contributed by atoms with van der Waals surface area (Å²) in [6, 6.07) is 0. The summed E-state index contributed by atoms with van der Waals surface area (Å²) in [4.78, 5) is 0. The number of rotatable bonds is 0. The van der Waals surface area contributed by atoms with Crippen LogP contribution in [0.3, 0.4) is 0 Å². The van der Waals surface area contributed by atoms with Crippen molar-refractivity contribution in [3.05, 3.63) is 43.1 Å². The second-order valence-electron chi connectivity index (χ2n) is 2.65. The number of hydrogen-bond donors (Lipinski definition) is 0. The molecule has 2 radical (unpaired) electrons. The van der Waals surface area contributed by atoms with Crippen LogP contribution in [0.2, 0.25) is 0 Å². The average Bonchev–Trinajstić information content (AvgIpc) is 2.06. The summed E-state index contributed by atoms with van der Waals surface area (Å²) in [6.45, 7) is 0. The second kappa shape index (κ2) is 44.2. The fraction of sp³-hybridized carbons (Fsp3) is 0. The van der Waals surface area contributed by atoms with E-state index in [0.29, 0.717) is 0 Å². The Morgan fingerprint density at radius 2 is 0.182 bits per heavy atom. The standard InChI is InChI=1S/7H2N.28O.9Re/h7*1H2;;;;;;;;;;;;;;;;;;;;;;;;;;;;;;;;;;;;;/q7*-1;;;;;;;;;;;;;;;;;;;;;;7*-1;;;;;;;;;. The molecule has 35 nitrogen and oxygen atoms in total. The Kier molecular flexibility index (Phi) is 104. The molecule has 0 aromatic heterocycles. The van der Waals surface area contributed by atoms with E-state index in [0.717, 1.165) is 0 Å². The molecule has 0 saturated heterocycles. The maximum absolute atomic E-state index is 8.64. The topological polar surface area (TPSA) is 754 Å². The summed E-state index contributed by atoms with van der Waals surface area (Å²) in [5.41, 5.74) is 0. The van der Waals surface area contributed by atoms with Crippen molar-refractivity contribution in [2.45, 2.75) is 0 Å². The van der Waals surface area contributed by atoms with Crippen molar-refractivity contribution >= 4 is 0 Å². The molecule has 0 saturated carbocycles. The van der Waals surface area contributed by atoms with Gasteiger partial charge in [0.25, 0.3) is 0 Å². The third-order valence-electron chi connectivity index (χ3n) is 0. The van der Waals surface area contributed by atoms with Gasteiger partial charge in [-0.05, 0) is 0 Å². The van der Waals surface area contributed by atoms with Crippen molar-refractivity contribution in [2.24, 2.45) is 0 Å². The third-order valence-corrected chi connectivity index (χ3v) is 0. The van der Waals surface area contributed by atoms with E-state index >= 15 is 0 Å². The Bertz CT molecular complexity index is 1320. The smallest absolute Gasteiger partial charge is 0 e. The minimum Gasteiger partial charge on any atom is 0 e. The fourth-order valence-corrected chi connectivity index (χ4v) is 0. The Balaban J connectivity index is -0.0000000144. The first-order valence-corrected chi connectivity index (χ1v) is 35.4. The monoisotopic (exact) mass is 2240 g/mol. The molecule has 0 bridgehead atoms. The van der Waals surface area contributed by atoms with Gasteiger partial charge >= 0.3 is 210 Å². The zero-order valence-corrected chi connectivity index (χ0v) is 43.3. The van der Waals surface area contributed by atoms with Gasteiger partial charge < -0.3 is 43.1 Å².